The summed E-state index contributed by atoms with van der Waals surface area (Å²) in [5.41, 5.74) is 6.74. The summed E-state index contributed by atoms with van der Waals surface area (Å²) in [7, 11) is -3.94. The lowest BCUT2D eigenvalue weighted by Crippen LogP contribution is -2.48. The van der Waals surface area contributed by atoms with Crippen LogP contribution in [0.4, 0.5) is 5.82 Å². The van der Waals surface area contributed by atoms with Gasteiger partial charge in [-0.3, -0.25) is 0 Å². The van der Waals surface area contributed by atoms with Crippen LogP contribution in [0.5, 0.6) is 0 Å². The van der Waals surface area contributed by atoms with Crippen LogP contribution >= 0.6 is 11.6 Å². The van der Waals surface area contributed by atoms with Crippen molar-refractivity contribution < 1.29 is 13.6 Å². The van der Waals surface area contributed by atoms with Crippen molar-refractivity contribution in [2.45, 2.75) is 103 Å². The second kappa shape index (κ2) is 8.91. The average molecular weight is 513 g/mol. The number of aromatic nitrogens is 3. The molecule has 3 heterocycles. The summed E-state index contributed by atoms with van der Waals surface area (Å²) in [5, 5.41) is 1.13. The summed E-state index contributed by atoms with van der Waals surface area (Å²) < 4.78 is 22.0. The Hall–Kier alpha value is -0.976. The maximum Gasteiger partial charge on any atom is 0.226 e. The van der Waals surface area contributed by atoms with Crippen LogP contribution in [0.25, 0.3) is 11.0 Å². The molecular formula is C23H41ClN4O3Si2. The normalized spacial score (nSPS) is 22.9. The molecule has 0 amide bonds. The number of ether oxygens (including phenoxy) is 1. The molecule has 2 N–H and O–H groups in total. The number of anilines is 1. The van der Waals surface area contributed by atoms with Crippen molar-refractivity contribution in [2.24, 2.45) is 0 Å². The predicted molar refractivity (Wildman–Crippen MR) is 141 cm³/mol. The standard InChI is InChI=1S/C23H41ClN4O3Si2/c1-22(2,3)32(7,8)29-14-17-16(31-33(9,10)23(4,5)6)13-18(30-17)28-12-11-15-19(25)26-21(24)27-20(15)28/h11-12,16-18H,13-14H2,1-10H3,(H2,25,26,27). The molecule has 7 nitrogen and oxygen atoms in total. The van der Waals surface area contributed by atoms with Crippen molar-refractivity contribution in [1.29, 1.82) is 0 Å². The third-order valence-electron chi connectivity index (χ3n) is 7.73. The van der Waals surface area contributed by atoms with E-state index in [0.29, 0.717) is 24.5 Å². The zero-order valence-corrected chi connectivity index (χ0v) is 24.6. The van der Waals surface area contributed by atoms with Crippen molar-refractivity contribution in [3.63, 3.8) is 0 Å². The first kappa shape index (κ1) is 26.6. The number of nitrogens with two attached hydrogens (primary N) is 1. The van der Waals surface area contributed by atoms with Crippen LogP contribution in [0.2, 0.25) is 41.5 Å². The second-order valence-electron chi connectivity index (χ2n) is 12.2. The van der Waals surface area contributed by atoms with Gasteiger partial charge >= 0.3 is 0 Å². The van der Waals surface area contributed by atoms with Gasteiger partial charge in [0.15, 0.2) is 16.6 Å². The zero-order chi connectivity index (χ0) is 25.0. The first-order chi connectivity index (χ1) is 14.9. The van der Waals surface area contributed by atoms with Crippen molar-refractivity contribution in [1.82, 2.24) is 14.5 Å². The highest BCUT2D eigenvalue weighted by Gasteiger charge is 2.46. The maximum atomic E-state index is 6.87. The van der Waals surface area contributed by atoms with E-state index in [-0.39, 0.29) is 33.8 Å². The number of fused-ring (bicyclic) bond motifs is 1. The molecule has 33 heavy (non-hydrogen) atoms. The minimum Gasteiger partial charge on any atom is -0.414 e. The SMILES string of the molecule is CC(C)(C)[Si](C)(C)OCC1OC(n2ccc3c(N)nc(Cl)nc32)CC1O[Si](C)(C)C(C)(C)C. The van der Waals surface area contributed by atoms with Crippen LogP contribution in [0.1, 0.15) is 54.2 Å². The van der Waals surface area contributed by atoms with Crippen LogP contribution in [0.15, 0.2) is 12.3 Å². The van der Waals surface area contributed by atoms with Crippen molar-refractivity contribution in [3.05, 3.63) is 17.5 Å². The molecule has 2 aromatic rings. The van der Waals surface area contributed by atoms with Gasteiger partial charge < -0.3 is 23.9 Å². The average Bonchev–Trinajstić information content (AvgIpc) is 3.21. The summed E-state index contributed by atoms with van der Waals surface area (Å²) in [6.45, 7) is 23.1. The minimum absolute atomic E-state index is 0.0623. The third kappa shape index (κ3) is 5.49. The summed E-state index contributed by atoms with van der Waals surface area (Å²) >= 11 is 6.11. The van der Waals surface area contributed by atoms with Gasteiger partial charge in [-0.1, -0.05) is 41.5 Å². The van der Waals surface area contributed by atoms with Gasteiger partial charge in [0.2, 0.25) is 5.28 Å². The lowest BCUT2D eigenvalue weighted by molar-refractivity contribution is -0.0382. The van der Waals surface area contributed by atoms with Gasteiger partial charge in [-0.2, -0.15) is 4.98 Å². The fourth-order valence-electron chi connectivity index (χ4n) is 3.47. The molecule has 0 spiro atoms. The fourth-order valence-corrected chi connectivity index (χ4v) is 6.01. The maximum absolute atomic E-state index is 6.87. The predicted octanol–water partition coefficient (Wildman–Crippen LogP) is 6.37. The van der Waals surface area contributed by atoms with E-state index in [4.69, 9.17) is 30.9 Å². The Morgan fingerprint density at radius 1 is 1.09 bits per heavy atom. The largest absolute Gasteiger partial charge is 0.414 e. The fraction of sp³-hybridized carbons (Fsp3) is 0.739. The molecule has 0 bridgehead atoms. The van der Waals surface area contributed by atoms with Crippen LogP contribution in [-0.4, -0.2) is 50.0 Å². The molecule has 3 unspecified atom stereocenters. The van der Waals surface area contributed by atoms with E-state index in [1.54, 1.807) is 0 Å². The molecule has 0 aliphatic carbocycles. The van der Waals surface area contributed by atoms with E-state index in [1.165, 1.54) is 0 Å². The molecule has 0 aromatic carbocycles. The molecule has 3 rings (SSSR count). The summed E-state index contributed by atoms with van der Waals surface area (Å²) in [5.74, 6) is 0.369. The van der Waals surface area contributed by atoms with E-state index in [2.05, 4.69) is 77.7 Å². The Bertz CT molecular complexity index is 998. The highest BCUT2D eigenvalue weighted by Crippen LogP contribution is 2.43. The molecular weight excluding hydrogens is 472 g/mol. The van der Waals surface area contributed by atoms with Gasteiger partial charge in [0, 0.05) is 12.6 Å². The van der Waals surface area contributed by atoms with Crippen molar-refractivity contribution in [2.75, 3.05) is 12.3 Å². The van der Waals surface area contributed by atoms with Crippen molar-refractivity contribution >= 4 is 45.1 Å². The number of nitrogens with zero attached hydrogens (tertiary/aromatic N) is 3. The van der Waals surface area contributed by atoms with Gasteiger partial charge in [-0.15, -0.1) is 0 Å². The first-order valence-corrected chi connectivity index (χ1v) is 17.9. The molecule has 2 aromatic heterocycles. The van der Waals surface area contributed by atoms with E-state index >= 15 is 0 Å². The lowest BCUT2D eigenvalue weighted by atomic mass is 10.2. The van der Waals surface area contributed by atoms with Crippen LogP contribution in [-0.2, 0) is 13.6 Å². The topological polar surface area (TPSA) is 84.4 Å². The highest BCUT2D eigenvalue weighted by molar-refractivity contribution is 6.74. The molecule has 1 aliphatic rings. The summed E-state index contributed by atoms with van der Waals surface area (Å²) in [6, 6.07) is 1.91. The molecule has 0 saturated carbocycles. The Kier molecular flexibility index (Phi) is 7.19. The van der Waals surface area contributed by atoms with Crippen LogP contribution in [0, 0.1) is 0 Å². The molecule has 10 heteroatoms. The number of hydrogen-bond donors (Lipinski definition) is 1. The minimum atomic E-state index is -2.01. The van der Waals surface area contributed by atoms with Gasteiger partial charge in [0.05, 0.1) is 18.1 Å². The zero-order valence-electron chi connectivity index (χ0n) is 21.8. The van der Waals surface area contributed by atoms with E-state index in [1.807, 2.05) is 16.8 Å². The Morgan fingerprint density at radius 3 is 2.27 bits per heavy atom. The van der Waals surface area contributed by atoms with Crippen molar-refractivity contribution in [3.8, 4) is 0 Å². The molecule has 1 saturated heterocycles. The molecule has 1 aliphatic heterocycles. The van der Waals surface area contributed by atoms with Gasteiger partial charge in [0.25, 0.3) is 0 Å². The second-order valence-corrected chi connectivity index (χ2v) is 22.1. The van der Waals surface area contributed by atoms with Crippen LogP contribution in [0.3, 0.4) is 0 Å². The number of rotatable bonds is 6. The van der Waals surface area contributed by atoms with Gasteiger partial charge in [-0.25, -0.2) is 4.98 Å². The van der Waals surface area contributed by atoms with Gasteiger partial charge in [0.1, 0.15) is 23.8 Å². The van der Waals surface area contributed by atoms with E-state index in [9.17, 15) is 0 Å². The Labute approximate surface area is 205 Å². The summed E-state index contributed by atoms with van der Waals surface area (Å²) in [4.78, 5) is 8.49. The highest BCUT2D eigenvalue weighted by atomic mass is 35.5. The smallest absolute Gasteiger partial charge is 0.226 e. The van der Waals surface area contributed by atoms with Crippen LogP contribution < -0.4 is 5.73 Å². The van der Waals surface area contributed by atoms with Gasteiger partial charge in [-0.05, 0) is 53.9 Å². The number of hydrogen-bond acceptors (Lipinski definition) is 6. The monoisotopic (exact) mass is 512 g/mol. The van der Waals surface area contributed by atoms with E-state index < -0.39 is 16.6 Å². The lowest BCUT2D eigenvalue weighted by Gasteiger charge is -2.40. The molecule has 186 valence electrons. The quantitative estimate of drug-likeness (QED) is 0.357. The number of nitrogen functional groups attached to an aromatic ring is 1. The summed E-state index contributed by atoms with van der Waals surface area (Å²) in [6.07, 6.45) is 2.19. The molecule has 3 atom stereocenters. The number of halogens is 1. The Balaban J connectivity index is 1.90. The first-order valence-electron chi connectivity index (χ1n) is 11.7. The Morgan fingerprint density at radius 2 is 1.70 bits per heavy atom. The third-order valence-corrected chi connectivity index (χ3v) is 16.9. The molecule has 1 fully saturated rings. The molecule has 0 radical (unpaired) electrons. The van der Waals surface area contributed by atoms with E-state index in [0.717, 1.165) is 5.39 Å².